The number of fused-ring (bicyclic) bond motifs is 6. The summed E-state index contributed by atoms with van der Waals surface area (Å²) in [5.41, 5.74) is 1.50. The zero-order valence-electron chi connectivity index (χ0n) is 31.0. The van der Waals surface area contributed by atoms with Gasteiger partial charge in [-0.1, -0.05) is 55.4 Å². The van der Waals surface area contributed by atoms with Crippen LogP contribution in [-0.2, 0) is 9.47 Å². The third kappa shape index (κ3) is 7.58. The van der Waals surface area contributed by atoms with E-state index in [1.165, 1.54) is 51.4 Å². The summed E-state index contributed by atoms with van der Waals surface area (Å²) in [6, 6.07) is 0.432. The van der Waals surface area contributed by atoms with Crippen LogP contribution in [0.15, 0.2) is 0 Å². The Bertz CT molecular complexity index is 947. The average Bonchev–Trinajstić information content (AvgIpc) is 3.65. The molecular formula is C40H72N2O4. The van der Waals surface area contributed by atoms with Gasteiger partial charge in [0, 0.05) is 25.3 Å². The van der Waals surface area contributed by atoms with Gasteiger partial charge in [-0.2, -0.15) is 0 Å². The van der Waals surface area contributed by atoms with Crippen molar-refractivity contribution in [3.63, 3.8) is 0 Å². The lowest BCUT2D eigenvalue weighted by molar-refractivity contribution is -0.140. The molecule has 0 amide bonds. The van der Waals surface area contributed by atoms with Crippen molar-refractivity contribution in [3.05, 3.63) is 0 Å². The van der Waals surface area contributed by atoms with E-state index in [1.807, 2.05) is 0 Å². The fourth-order valence-corrected chi connectivity index (χ4v) is 12.5. The smallest absolute Gasteiger partial charge is 0.0763 e. The van der Waals surface area contributed by atoms with Crippen molar-refractivity contribution < 1.29 is 19.7 Å². The highest BCUT2D eigenvalue weighted by molar-refractivity contribution is 5.08. The van der Waals surface area contributed by atoms with Gasteiger partial charge in [-0.3, -0.25) is 0 Å². The van der Waals surface area contributed by atoms with Crippen LogP contribution in [0.25, 0.3) is 0 Å². The first-order chi connectivity index (χ1) is 21.6. The molecule has 46 heavy (non-hydrogen) atoms. The van der Waals surface area contributed by atoms with Crippen molar-refractivity contribution in [2.75, 3.05) is 26.3 Å². The fraction of sp³-hybridized carbons (Fsp3) is 1.00. The predicted molar refractivity (Wildman–Crippen MR) is 187 cm³/mol. The number of unbranched alkanes of at least 4 members (excludes halogenated alkanes) is 1. The van der Waals surface area contributed by atoms with Gasteiger partial charge in [0.25, 0.3) is 0 Å². The number of aliphatic hydroxyl groups is 2. The lowest BCUT2D eigenvalue weighted by atomic mass is 9.73. The Hall–Kier alpha value is -0.240. The van der Waals surface area contributed by atoms with E-state index in [0.717, 1.165) is 50.6 Å². The molecule has 2 saturated heterocycles. The van der Waals surface area contributed by atoms with Gasteiger partial charge in [-0.25, -0.2) is 0 Å². The molecule has 0 radical (unpaired) electrons. The lowest BCUT2D eigenvalue weighted by Crippen LogP contribution is -2.54. The van der Waals surface area contributed by atoms with Gasteiger partial charge < -0.3 is 30.3 Å². The van der Waals surface area contributed by atoms with Crippen LogP contribution in [0, 0.1) is 57.2 Å². The number of aliphatic hydroxyl groups excluding tert-OH is 2. The average molecular weight is 645 g/mol. The Balaban J connectivity index is 1.03. The van der Waals surface area contributed by atoms with Crippen LogP contribution < -0.4 is 10.6 Å². The number of hydrogen-bond acceptors (Lipinski definition) is 6. The summed E-state index contributed by atoms with van der Waals surface area (Å²) < 4.78 is 14.1. The highest BCUT2D eigenvalue weighted by Gasteiger charge is 2.59. The van der Waals surface area contributed by atoms with E-state index < -0.39 is 0 Å². The molecule has 2 unspecified atom stereocenters. The molecule has 6 heteroatoms. The second kappa shape index (κ2) is 13.5. The van der Waals surface area contributed by atoms with Crippen molar-refractivity contribution in [2.45, 2.75) is 169 Å². The Labute approximate surface area is 282 Å². The SMILES string of the molecule is CC1(C)C[C@H]2[C@@H](C1)[C@@H](C(CCO)NCCCCNC(CCO)[C@H]1O[C@@H]3CC(C)(C)C[C@@H]3[C@H]3CC(C)(C)C[C@H]31)O[C@@H]1CC(C)(C)C[C@H]21. The summed E-state index contributed by atoms with van der Waals surface area (Å²) in [6.45, 7) is 21.9. The Morgan fingerprint density at radius 3 is 1.20 bits per heavy atom. The monoisotopic (exact) mass is 645 g/mol. The normalized spacial score (nSPS) is 42.7. The molecule has 6 nitrogen and oxygen atoms in total. The van der Waals surface area contributed by atoms with Crippen LogP contribution in [0.3, 0.4) is 0 Å². The molecule has 0 spiro atoms. The first-order valence-electron chi connectivity index (χ1n) is 19.6. The maximum Gasteiger partial charge on any atom is 0.0763 e. The van der Waals surface area contributed by atoms with E-state index in [-0.39, 0.29) is 37.5 Å². The maximum atomic E-state index is 10.1. The molecule has 6 rings (SSSR count). The first-order valence-corrected chi connectivity index (χ1v) is 19.6. The molecule has 2 aliphatic heterocycles. The number of hydrogen-bond donors (Lipinski definition) is 4. The molecule has 0 bridgehead atoms. The molecule has 4 N–H and O–H groups in total. The second-order valence-electron chi connectivity index (χ2n) is 20.4. The molecule has 6 aliphatic rings. The molecule has 12 atom stereocenters. The predicted octanol–water partition coefficient (Wildman–Crippen LogP) is 6.96. The van der Waals surface area contributed by atoms with Crippen molar-refractivity contribution in [2.24, 2.45) is 57.2 Å². The van der Waals surface area contributed by atoms with E-state index >= 15 is 0 Å². The topological polar surface area (TPSA) is 83.0 Å². The van der Waals surface area contributed by atoms with Crippen LogP contribution >= 0.6 is 0 Å². The summed E-state index contributed by atoms with van der Waals surface area (Å²) in [5, 5.41) is 28.0. The molecule has 0 aromatic rings. The molecular weight excluding hydrogens is 572 g/mol. The standard InChI is InChI=1S/C40H72N2O4/c1-37(2)17-25-27-19-39(5,6)23-33(27)45-35(29(25)21-37)31(11-15-43)41-13-9-10-14-42-32(12-16-44)36-30-22-38(3,4)18-26(30)28-20-40(7,8)24-34(28)46-36/h25-36,41-44H,9-24H2,1-8H3/t25-,26-,27-,28-,29-,30-,31?,32?,33-,34-,35+,36+/m1/s1. The van der Waals surface area contributed by atoms with Gasteiger partial charge >= 0.3 is 0 Å². The zero-order valence-corrected chi connectivity index (χ0v) is 31.0. The molecule has 2 heterocycles. The summed E-state index contributed by atoms with van der Waals surface area (Å²) >= 11 is 0. The van der Waals surface area contributed by atoms with E-state index in [9.17, 15) is 10.2 Å². The number of nitrogens with one attached hydrogen (secondary N) is 2. The minimum atomic E-state index is 0.206. The molecule has 4 aliphatic carbocycles. The minimum Gasteiger partial charge on any atom is -0.396 e. The quantitative estimate of drug-likeness (QED) is 0.162. The van der Waals surface area contributed by atoms with Crippen molar-refractivity contribution in [1.29, 1.82) is 0 Å². The molecule has 0 aromatic carbocycles. The van der Waals surface area contributed by atoms with Crippen LogP contribution in [-0.4, -0.2) is 73.0 Å². The Kier molecular flexibility index (Phi) is 10.4. The molecule has 0 aromatic heterocycles. The molecule has 6 fully saturated rings. The van der Waals surface area contributed by atoms with Gasteiger partial charge in [-0.05, 0) is 147 Å². The summed E-state index contributed by atoms with van der Waals surface area (Å²) in [5.74, 6) is 4.12. The highest BCUT2D eigenvalue weighted by Crippen LogP contribution is 2.61. The first kappa shape index (κ1) is 35.6. The van der Waals surface area contributed by atoms with E-state index in [1.54, 1.807) is 0 Å². The minimum absolute atomic E-state index is 0.206. The van der Waals surface area contributed by atoms with Crippen LogP contribution in [0.1, 0.15) is 132 Å². The van der Waals surface area contributed by atoms with Gasteiger partial charge in [0.1, 0.15) is 0 Å². The van der Waals surface area contributed by atoms with Crippen LogP contribution in [0.5, 0.6) is 0 Å². The Morgan fingerprint density at radius 2 is 0.826 bits per heavy atom. The largest absolute Gasteiger partial charge is 0.396 e. The summed E-state index contributed by atoms with van der Waals surface area (Å²) in [4.78, 5) is 0. The van der Waals surface area contributed by atoms with Crippen LogP contribution in [0.4, 0.5) is 0 Å². The number of ether oxygens (including phenoxy) is 2. The van der Waals surface area contributed by atoms with E-state index in [0.29, 0.717) is 57.5 Å². The van der Waals surface area contributed by atoms with E-state index in [2.05, 4.69) is 66.0 Å². The van der Waals surface area contributed by atoms with Crippen molar-refractivity contribution in [3.8, 4) is 0 Å². The maximum absolute atomic E-state index is 10.1. The van der Waals surface area contributed by atoms with Gasteiger partial charge in [0.15, 0.2) is 0 Å². The zero-order chi connectivity index (χ0) is 33.1. The summed E-state index contributed by atoms with van der Waals surface area (Å²) in [6.07, 6.45) is 15.0. The van der Waals surface area contributed by atoms with Crippen molar-refractivity contribution in [1.82, 2.24) is 10.6 Å². The Morgan fingerprint density at radius 1 is 0.500 bits per heavy atom. The molecule has 4 saturated carbocycles. The van der Waals surface area contributed by atoms with Gasteiger partial charge in [0.2, 0.25) is 0 Å². The number of rotatable bonds is 13. The third-order valence-corrected chi connectivity index (χ3v) is 14.0. The molecule has 266 valence electrons. The highest BCUT2D eigenvalue weighted by atomic mass is 16.5. The fourth-order valence-electron chi connectivity index (χ4n) is 12.5. The van der Waals surface area contributed by atoms with Crippen LogP contribution in [0.2, 0.25) is 0 Å². The lowest BCUT2D eigenvalue weighted by Gasteiger charge is -2.45. The second-order valence-corrected chi connectivity index (χ2v) is 20.4. The van der Waals surface area contributed by atoms with E-state index in [4.69, 9.17) is 9.47 Å². The summed E-state index contributed by atoms with van der Waals surface area (Å²) in [7, 11) is 0. The van der Waals surface area contributed by atoms with Gasteiger partial charge in [-0.15, -0.1) is 0 Å². The van der Waals surface area contributed by atoms with Crippen molar-refractivity contribution >= 4 is 0 Å². The van der Waals surface area contributed by atoms with Gasteiger partial charge in [0.05, 0.1) is 24.4 Å². The third-order valence-electron chi connectivity index (χ3n) is 14.0.